The van der Waals surface area contributed by atoms with Gasteiger partial charge >= 0.3 is 0 Å². The molecule has 1 aromatic heterocycles. The first-order valence-electron chi connectivity index (χ1n) is 9.26. The van der Waals surface area contributed by atoms with Crippen molar-refractivity contribution in [2.45, 2.75) is 6.54 Å². The number of nitro benzene ring substituents is 2. The highest BCUT2D eigenvalue weighted by molar-refractivity contribution is 9.10. The Labute approximate surface area is 198 Å². The van der Waals surface area contributed by atoms with Gasteiger partial charge in [0.2, 0.25) is 0 Å². The van der Waals surface area contributed by atoms with Crippen molar-refractivity contribution in [3.63, 3.8) is 0 Å². The molecule has 2 heterocycles. The van der Waals surface area contributed by atoms with Gasteiger partial charge in [-0.05, 0) is 45.9 Å². The molecule has 10 nitrogen and oxygen atoms in total. The molecule has 0 N–H and O–H groups in total. The predicted molar refractivity (Wildman–Crippen MR) is 123 cm³/mol. The first-order chi connectivity index (χ1) is 15.7. The van der Waals surface area contributed by atoms with Crippen molar-refractivity contribution in [2.24, 2.45) is 0 Å². The van der Waals surface area contributed by atoms with Crippen LogP contribution in [-0.4, -0.2) is 25.9 Å². The summed E-state index contributed by atoms with van der Waals surface area (Å²) >= 11 is 3.99. The molecule has 1 aliphatic rings. The number of para-hydroxylation sites is 1. The summed E-state index contributed by atoms with van der Waals surface area (Å²) in [6, 6.07) is 13.4. The van der Waals surface area contributed by atoms with Crippen molar-refractivity contribution in [1.29, 1.82) is 0 Å². The molecule has 0 atom stereocenters. The van der Waals surface area contributed by atoms with Gasteiger partial charge in [0.25, 0.3) is 22.5 Å². The van der Waals surface area contributed by atoms with E-state index >= 15 is 0 Å². The standard InChI is InChI=1S/C21H12BrN3O7S/c22-16-9-13(24(28)29)5-7-15(16)18-8-6-14(32-18)10-19-20(26)23(21(27)33-19)11-12-3-1-2-4-17(12)25(30)31/h1-10H,11H2/b19-10+. The average molecular weight is 530 g/mol. The summed E-state index contributed by atoms with van der Waals surface area (Å²) in [6.45, 7) is -0.224. The second kappa shape index (κ2) is 9.00. The van der Waals surface area contributed by atoms with Crippen LogP contribution in [0.15, 0.2) is 68.4 Å². The predicted octanol–water partition coefficient (Wildman–Crippen LogP) is 5.76. The van der Waals surface area contributed by atoms with Crippen LogP contribution in [0, 0.1) is 20.2 Å². The maximum atomic E-state index is 12.8. The molecule has 2 aromatic carbocycles. The van der Waals surface area contributed by atoms with Crippen molar-refractivity contribution >= 4 is 56.3 Å². The van der Waals surface area contributed by atoms with E-state index in [9.17, 15) is 29.8 Å². The molecule has 0 aliphatic carbocycles. The van der Waals surface area contributed by atoms with Crippen LogP contribution in [0.2, 0.25) is 0 Å². The lowest BCUT2D eigenvalue weighted by Gasteiger charge is -2.12. The Hall–Kier alpha value is -3.77. The summed E-state index contributed by atoms with van der Waals surface area (Å²) < 4.78 is 6.20. The van der Waals surface area contributed by atoms with Gasteiger partial charge < -0.3 is 4.42 Å². The van der Waals surface area contributed by atoms with E-state index in [1.807, 2.05) is 0 Å². The Morgan fingerprint density at radius 2 is 1.79 bits per heavy atom. The topological polar surface area (TPSA) is 137 Å². The van der Waals surface area contributed by atoms with Crippen LogP contribution in [0.1, 0.15) is 11.3 Å². The highest BCUT2D eigenvalue weighted by Gasteiger charge is 2.36. The zero-order valence-electron chi connectivity index (χ0n) is 16.5. The number of furan rings is 1. The lowest BCUT2D eigenvalue weighted by molar-refractivity contribution is -0.385. The van der Waals surface area contributed by atoms with Gasteiger partial charge in [-0.3, -0.25) is 34.7 Å². The largest absolute Gasteiger partial charge is 0.457 e. The number of carbonyl (C=O) groups excluding carboxylic acids is 2. The molecule has 3 aromatic rings. The second-order valence-corrected chi connectivity index (χ2v) is 8.62. The number of benzene rings is 2. The number of carbonyl (C=O) groups is 2. The molecule has 2 amide bonds. The minimum absolute atomic E-state index is 0.0790. The fourth-order valence-corrected chi connectivity index (χ4v) is 4.53. The third-order valence-electron chi connectivity index (χ3n) is 4.72. The van der Waals surface area contributed by atoms with Gasteiger partial charge in [-0.2, -0.15) is 0 Å². The number of halogens is 1. The van der Waals surface area contributed by atoms with Gasteiger partial charge in [0, 0.05) is 39.9 Å². The number of amides is 2. The quantitative estimate of drug-likeness (QED) is 0.223. The van der Waals surface area contributed by atoms with Crippen LogP contribution < -0.4 is 0 Å². The van der Waals surface area contributed by atoms with E-state index in [4.69, 9.17) is 4.42 Å². The molecule has 4 rings (SSSR count). The summed E-state index contributed by atoms with van der Waals surface area (Å²) in [5.41, 5.74) is 0.564. The van der Waals surface area contributed by atoms with Gasteiger partial charge in [-0.25, -0.2) is 0 Å². The van der Waals surface area contributed by atoms with Gasteiger partial charge in [-0.1, -0.05) is 18.2 Å². The van der Waals surface area contributed by atoms with Crippen LogP contribution in [0.3, 0.4) is 0 Å². The van der Waals surface area contributed by atoms with Crippen molar-refractivity contribution in [1.82, 2.24) is 4.90 Å². The third kappa shape index (κ3) is 4.56. The van der Waals surface area contributed by atoms with Crippen LogP contribution >= 0.6 is 27.7 Å². The molecule has 0 bridgehead atoms. The molecule has 0 radical (unpaired) electrons. The maximum absolute atomic E-state index is 12.8. The fourth-order valence-electron chi connectivity index (χ4n) is 3.15. The molecular weight excluding hydrogens is 518 g/mol. The van der Waals surface area contributed by atoms with Crippen molar-refractivity contribution in [3.8, 4) is 11.3 Å². The number of nitrogens with zero attached hydrogens (tertiary/aromatic N) is 3. The fraction of sp³-hybridized carbons (Fsp3) is 0.0476. The molecule has 0 spiro atoms. The third-order valence-corrected chi connectivity index (χ3v) is 6.28. The van der Waals surface area contributed by atoms with E-state index in [-0.39, 0.29) is 28.4 Å². The molecule has 0 unspecified atom stereocenters. The van der Waals surface area contributed by atoms with Crippen LogP contribution in [0.4, 0.5) is 16.2 Å². The SMILES string of the molecule is O=C1S/C(=C/c2ccc(-c3ccc([N+](=O)[O-])cc3Br)o2)C(=O)N1Cc1ccccc1[N+](=O)[O-]. The Bertz CT molecular complexity index is 1350. The maximum Gasteiger partial charge on any atom is 0.293 e. The number of nitro groups is 2. The smallest absolute Gasteiger partial charge is 0.293 e. The summed E-state index contributed by atoms with van der Waals surface area (Å²) in [5.74, 6) is 0.117. The Morgan fingerprint density at radius 3 is 2.48 bits per heavy atom. The monoisotopic (exact) mass is 529 g/mol. The summed E-state index contributed by atoms with van der Waals surface area (Å²) in [4.78, 5) is 47.3. The first-order valence-corrected chi connectivity index (χ1v) is 10.9. The van der Waals surface area contributed by atoms with E-state index in [0.717, 1.165) is 4.90 Å². The zero-order valence-corrected chi connectivity index (χ0v) is 18.9. The van der Waals surface area contributed by atoms with Crippen molar-refractivity contribution < 1.29 is 23.9 Å². The van der Waals surface area contributed by atoms with E-state index in [0.29, 0.717) is 33.3 Å². The molecule has 1 saturated heterocycles. The van der Waals surface area contributed by atoms with E-state index in [1.54, 1.807) is 18.2 Å². The zero-order chi connectivity index (χ0) is 23.7. The molecule has 1 aliphatic heterocycles. The Morgan fingerprint density at radius 1 is 1.03 bits per heavy atom. The van der Waals surface area contributed by atoms with E-state index in [2.05, 4.69) is 15.9 Å². The number of hydrogen-bond donors (Lipinski definition) is 0. The second-order valence-electron chi connectivity index (χ2n) is 6.78. The summed E-state index contributed by atoms with van der Waals surface area (Å²) in [7, 11) is 0. The van der Waals surface area contributed by atoms with Crippen molar-refractivity contribution in [2.75, 3.05) is 0 Å². The van der Waals surface area contributed by atoms with Crippen LogP contribution in [0.25, 0.3) is 17.4 Å². The Balaban J connectivity index is 1.56. The highest BCUT2D eigenvalue weighted by Crippen LogP contribution is 2.36. The molecular formula is C21H12BrN3O7S. The lowest BCUT2D eigenvalue weighted by atomic mass is 10.1. The van der Waals surface area contributed by atoms with Gasteiger partial charge in [0.1, 0.15) is 11.5 Å². The van der Waals surface area contributed by atoms with Crippen molar-refractivity contribution in [3.05, 3.63) is 95.5 Å². The highest BCUT2D eigenvalue weighted by atomic mass is 79.9. The average Bonchev–Trinajstić information content (AvgIpc) is 3.34. The van der Waals surface area contributed by atoms with Gasteiger partial charge in [-0.15, -0.1) is 0 Å². The van der Waals surface area contributed by atoms with E-state index < -0.39 is 21.0 Å². The molecule has 1 fully saturated rings. The molecule has 33 heavy (non-hydrogen) atoms. The number of thioether (sulfide) groups is 1. The van der Waals surface area contributed by atoms with Crippen LogP contribution in [-0.2, 0) is 11.3 Å². The number of hydrogen-bond acceptors (Lipinski definition) is 8. The van der Waals surface area contributed by atoms with Gasteiger partial charge in [0.05, 0.1) is 21.3 Å². The Kier molecular flexibility index (Phi) is 6.11. The number of rotatable bonds is 6. The normalized spacial score (nSPS) is 14.8. The minimum Gasteiger partial charge on any atom is -0.457 e. The summed E-state index contributed by atoms with van der Waals surface area (Å²) in [6.07, 6.45) is 1.41. The minimum atomic E-state index is -0.586. The number of non-ortho nitro benzene ring substituents is 1. The molecule has 166 valence electrons. The van der Waals surface area contributed by atoms with E-state index in [1.165, 1.54) is 42.5 Å². The summed E-state index contributed by atoms with van der Waals surface area (Å²) in [5, 5.41) is 21.6. The van der Waals surface area contributed by atoms with Gasteiger partial charge in [0.15, 0.2) is 0 Å². The number of imide groups is 1. The van der Waals surface area contributed by atoms with Crippen LogP contribution in [0.5, 0.6) is 0 Å². The molecule has 12 heteroatoms. The lowest BCUT2D eigenvalue weighted by Crippen LogP contribution is -2.27. The first kappa shape index (κ1) is 22.4. The molecule has 0 saturated carbocycles.